The van der Waals surface area contributed by atoms with Crippen LogP contribution in [0, 0.1) is 31.6 Å². The maximum Gasteiger partial charge on any atom is 0.0818 e. The molecule has 0 saturated heterocycles. The number of aliphatic hydroxyl groups excluding tert-OH is 1. The molecule has 1 saturated carbocycles. The van der Waals surface area contributed by atoms with Gasteiger partial charge < -0.3 is 5.11 Å². The Morgan fingerprint density at radius 2 is 1.53 bits per heavy atom. The lowest BCUT2D eigenvalue weighted by Gasteiger charge is -2.33. The Hall–Kier alpha value is -0.820. The normalized spacial score (nSPS) is 25.6. The van der Waals surface area contributed by atoms with Crippen molar-refractivity contribution in [2.24, 2.45) is 17.8 Å². The predicted octanol–water partition coefficient (Wildman–Crippen LogP) is 4.80. The van der Waals surface area contributed by atoms with Crippen molar-refractivity contribution in [1.29, 1.82) is 0 Å². The summed E-state index contributed by atoms with van der Waals surface area (Å²) in [6, 6.07) is 6.39. The number of hydrogen-bond acceptors (Lipinski definition) is 1. The summed E-state index contributed by atoms with van der Waals surface area (Å²) in [5.74, 6) is 2.11. The number of rotatable bonds is 3. The molecule has 1 unspecified atom stereocenters. The lowest BCUT2D eigenvalue weighted by Crippen LogP contribution is -2.23. The maximum absolute atomic E-state index is 10.6. The Balaban J connectivity index is 2.01. The number of hydrogen-bond donors (Lipinski definition) is 1. The van der Waals surface area contributed by atoms with Crippen molar-refractivity contribution in [3.63, 3.8) is 0 Å². The topological polar surface area (TPSA) is 20.2 Å². The van der Waals surface area contributed by atoms with Crippen LogP contribution in [0.25, 0.3) is 0 Å². The first kappa shape index (κ1) is 14.6. The van der Waals surface area contributed by atoms with Crippen LogP contribution < -0.4 is 0 Å². The van der Waals surface area contributed by atoms with Gasteiger partial charge in [-0.15, -0.1) is 0 Å². The lowest BCUT2D eigenvalue weighted by atomic mass is 9.74. The van der Waals surface area contributed by atoms with Crippen LogP contribution in [0.3, 0.4) is 0 Å². The molecule has 1 atom stereocenters. The summed E-state index contributed by atoms with van der Waals surface area (Å²) in [7, 11) is 0. The second-order valence-corrected chi connectivity index (χ2v) is 6.71. The van der Waals surface area contributed by atoms with Crippen molar-refractivity contribution < 1.29 is 5.11 Å². The summed E-state index contributed by atoms with van der Waals surface area (Å²) in [4.78, 5) is 0. The van der Waals surface area contributed by atoms with Crippen LogP contribution in [0.1, 0.15) is 62.3 Å². The Morgan fingerprint density at radius 3 is 2.05 bits per heavy atom. The van der Waals surface area contributed by atoms with E-state index in [9.17, 15) is 5.11 Å². The van der Waals surface area contributed by atoms with E-state index in [1.165, 1.54) is 36.8 Å². The molecule has 1 aromatic carbocycles. The first-order chi connectivity index (χ1) is 8.99. The molecule has 2 rings (SSSR count). The maximum atomic E-state index is 10.6. The van der Waals surface area contributed by atoms with Gasteiger partial charge in [0.05, 0.1) is 6.10 Å². The zero-order valence-electron chi connectivity index (χ0n) is 12.8. The van der Waals surface area contributed by atoms with Gasteiger partial charge in [-0.3, -0.25) is 0 Å². The van der Waals surface area contributed by atoms with Crippen molar-refractivity contribution in [3.05, 3.63) is 34.9 Å². The fourth-order valence-corrected chi connectivity index (χ4v) is 3.35. The van der Waals surface area contributed by atoms with Gasteiger partial charge in [0.15, 0.2) is 0 Å². The summed E-state index contributed by atoms with van der Waals surface area (Å²) in [5.41, 5.74) is 3.70. The van der Waals surface area contributed by atoms with Gasteiger partial charge in [0.1, 0.15) is 0 Å². The molecule has 0 heterocycles. The highest BCUT2D eigenvalue weighted by Gasteiger charge is 2.28. The van der Waals surface area contributed by atoms with Crippen LogP contribution in [-0.2, 0) is 0 Å². The largest absolute Gasteiger partial charge is 0.388 e. The lowest BCUT2D eigenvalue weighted by molar-refractivity contribution is 0.0667. The van der Waals surface area contributed by atoms with Gasteiger partial charge in [0, 0.05) is 0 Å². The zero-order chi connectivity index (χ0) is 14.0. The average Bonchev–Trinajstić information content (AvgIpc) is 2.41. The standard InChI is InChI=1S/C18H28O/c1-12(2)15-7-9-16(10-8-15)18(19)17-6-5-13(3)14(4)11-17/h5-6,11-12,15-16,18-19H,7-10H2,1-4H3. The van der Waals surface area contributed by atoms with Crippen molar-refractivity contribution in [1.82, 2.24) is 0 Å². The smallest absolute Gasteiger partial charge is 0.0818 e. The van der Waals surface area contributed by atoms with Crippen molar-refractivity contribution in [2.75, 3.05) is 0 Å². The van der Waals surface area contributed by atoms with E-state index in [1.807, 2.05) is 0 Å². The number of benzene rings is 1. The molecule has 106 valence electrons. The summed E-state index contributed by atoms with van der Waals surface area (Å²) < 4.78 is 0. The summed E-state index contributed by atoms with van der Waals surface area (Å²) in [5, 5.41) is 10.6. The monoisotopic (exact) mass is 260 g/mol. The van der Waals surface area contributed by atoms with Crippen molar-refractivity contribution in [3.8, 4) is 0 Å². The summed E-state index contributed by atoms with van der Waals surface area (Å²) in [6.07, 6.45) is 4.65. The highest BCUT2D eigenvalue weighted by molar-refractivity contribution is 5.31. The summed E-state index contributed by atoms with van der Waals surface area (Å²) in [6.45, 7) is 8.90. The highest BCUT2D eigenvalue weighted by atomic mass is 16.3. The third-order valence-corrected chi connectivity index (χ3v) is 5.08. The quantitative estimate of drug-likeness (QED) is 0.827. The molecule has 1 N–H and O–H groups in total. The molecule has 1 aliphatic carbocycles. The molecule has 0 amide bonds. The molecule has 0 aromatic heterocycles. The van der Waals surface area contributed by atoms with Crippen molar-refractivity contribution >= 4 is 0 Å². The molecule has 1 fully saturated rings. The van der Waals surface area contributed by atoms with Crippen LogP contribution in [0.2, 0.25) is 0 Å². The van der Waals surface area contributed by atoms with Gasteiger partial charge in [-0.25, -0.2) is 0 Å². The third-order valence-electron chi connectivity index (χ3n) is 5.08. The molecule has 1 heteroatoms. The van der Waals surface area contributed by atoms with Crippen LogP contribution in [-0.4, -0.2) is 5.11 Å². The fourth-order valence-electron chi connectivity index (χ4n) is 3.35. The van der Waals surface area contributed by atoms with Gasteiger partial charge in [0.25, 0.3) is 0 Å². The minimum atomic E-state index is -0.271. The highest BCUT2D eigenvalue weighted by Crippen LogP contribution is 2.39. The first-order valence-corrected chi connectivity index (χ1v) is 7.74. The van der Waals surface area contributed by atoms with E-state index in [2.05, 4.69) is 45.9 Å². The molecule has 19 heavy (non-hydrogen) atoms. The molecule has 0 aliphatic heterocycles. The van der Waals surface area contributed by atoms with E-state index in [1.54, 1.807) is 0 Å². The molecule has 1 aliphatic rings. The van der Waals surface area contributed by atoms with E-state index >= 15 is 0 Å². The Labute approximate surface area is 118 Å². The van der Waals surface area contributed by atoms with Crippen LogP contribution >= 0.6 is 0 Å². The second kappa shape index (κ2) is 6.09. The Kier molecular flexibility index (Phi) is 4.67. The molecule has 0 radical (unpaired) electrons. The number of aryl methyl sites for hydroxylation is 2. The van der Waals surface area contributed by atoms with Gasteiger partial charge in [-0.1, -0.05) is 32.0 Å². The Morgan fingerprint density at radius 1 is 0.947 bits per heavy atom. The average molecular weight is 260 g/mol. The molecule has 1 nitrogen and oxygen atoms in total. The van der Waals surface area contributed by atoms with Crippen molar-refractivity contribution in [2.45, 2.75) is 59.5 Å². The van der Waals surface area contributed by atoms with E-state index < -0.39 is 0 Å². The van der Waals surface area contributed by atoms with E-state index in [4.69, 9.17) is 0 Å². The third kappa shape index (κ3) is 3.39. The van der Waals surface area contributed by atoms with E-state index in [0.29, 0.717) is 5.92 Å². The van der Waals surface area contributed by atoms with Gasteiger partial charge in [-0.05, 0) is 74.0 Å². The van der Waals surface area contributed by atoms with Gasteiger partial charge in [0.2, 0.25) is 0 Å². The Bertz CT molecular complexity index is 414. The molecular weight excluding hydrogens is 232 g/mol. The fraction of sp³-hybridized carbons (Fsp3) is 0.667. The predicted molar refractivity (Wildman–Crippen MR) is 81.2 cm³/mol. The SMILES string of the molecule is Cc1ccc(C(O)C2CCC(C(C)C)CC2)cc1C. The van der Waals surface area contributed by atoms with Crippen LogP contribution in [0.5, 0.6) is 0 Å². The van der Waals surface area contributed by atoms with Gasteiger partial charge >= 0.3 is 0 Å². The summed E-state index contributed by atoms with van der Waals surface area (Å²) >= 11 is 0. The molecule has 1 aromatic rings. The minimum Gasteiger partial charge on any atom is -0.388 e. The van der Waals surface area contributed by atoms with Gasteiger partial charge in [-0.2, -0.15) is 0 Å². The number of aliphatic hydroxyl groups is 1. The molecular formula is C18H28O. The van der Waals surface area contributed by atoms with Crippen LogP contribution in [0.4, 0.5) is 0 Å². The zero-order valence-corrected chi connectivity index (χ0v) is 12.8. The second-order valence-electron chi connectivity index (χ2n) is 6.71. The minimum absolute atomic E-state index is 0.271. The first-order valence-electron chi connectivity index (χ1n) is 7.74. The van der Waals surface area contributed by atoms with E-state index in [-0.39, 0.29) is 6.10 Å². The van der Waals surface area contributed by atoms with E-state index in [0.717, 1.165) is 17.4 Å². The van der Waals surface area contributed by atoms with Crippen LogP contribution in [0.15, 0.2) is 18.2 Å². The molecule has 0 spiro atoms. The molecule has 0 bridgehead atoms.